The Labute approximate surface area is 139 Å². The van der Waals surface area contributed by atoms with Gasteiger partial charge in [-0.25, -0.2) is 0 Å². The summed E-state index contributed by atoms with van der Waals surface area (Å²) in [6.45, 7) is 5.60. The third-order valence-corrected chi connectivity index (χ3v) is 3.89. The minimum absolute atomic E-state index is 0.349. The Bertz CT molecular complexity index is 583. The molecule has 23 heavy (non-hydrogen) atoms. The van der Waals surface area contributed by atoms with Gasteiger partial charge in [-0.3, -0.25) is 0 Å². The number of methoxy groups -OCH3 is 1. The summed E-state index contributed by atoms with van der Waals surface area (Å²) < 4.78 is 11.2. The van der Waals surface area contributed by atoms with Gasteiger partial charge in [0.25, 0.3) is 0 Å². The minimum atomic E-state index is 0.349. The summed E-state index contributed by atoms with van der Waals surface area (Å²) >= 11 is 0. The van der Waals surface area contributed by atoms with E-state index in [1.54, 1.807) is 7.11 Å². The van der Waals surface area contributed by atoms with E-state index in [0.717, 1.165) is 36.4 Å². The minimum Gasteiger partial charge on any atom is -0.493 e. The van der Waals surface area contributed by atoms with E-state index in [2.05, 4.69) is 48.6 Å². The van der Waals surface area contributed by atoms with Crippen molar-refractivity contribution in [2.75, 3.05) is 13.7 Å². The molecule has 0 aromatic heterocycles. The smallest absolute Gasteiger partial charge is 0.165 e. The lowest BCUT2D eigenvalue weighted by atomic mass is 10.0. The van der Waals surface area contributed by atoms with E-state index in [4.69, 9.17) is 9.47 Å². The first kappa shape index (κ1) is 17.4. The zero-order chi connectivity index (χ0) is 16.5. The zero-order valence-corrected chi connectivity index (χ0v) is 14.3. The molecule has 0 radical (unpaired) electrons. The highest BCUT2D eigenvalue weighted by Crippen LogP contribution is 2.31. The van der Waals surface area contributed by atoms with Gasteiger partial charge in [-0.15, -0.1) is 0 Å². The van der Waals surface area contributed by atoms with Gasteiger partial charge in [-0.05, 0) is 25.0 Å². The van der Waals surface area contributed by atoms with Gasteiger partial charge >= 0.3 is 0 Å². The lowest BCUT2D eigenvalue weighted by molar-refractivity contribution is 0.306. The Kier molecular flexibility index (Phi) is 6.95. The van der Waals surface area contributed by atoms with Crippen LogP contribution in [-0.4, -0.2) is 13.7 Å². The second-order valence-electron chi connectivity index (χ2n) is 5.51. The highest BCUT2D eigenvalue weighted by molar-refractivity contribution is 5.46. The molecule has 2 aromatic carbocycles. The number of benzene rings is 2. The number of ether oxygens (including phenoxy) is 2. The van der Waals surface area contributed by atoms with Crippen molar-refractivity contribution in [1.29, 1.82) is 0 Å². The van der Waals surface area contributed by atoms with Crippen LogP contribution in [0.25, 0.3) is 0 Å². The van der Waals surface area contributed by atoms with Crippen LogP contribution < -0.4 is 14.8 Å². The SMILES string of the molecule is CCCC(NCc1cccc(OC)c1OCC)c1ccccc1. The number of rotatable bonds is 9. The molecule has 0 saturated carbocycles. The first-order valence-electron chi connectivity index (χ1n) is 8.37. The molecule has 0 aliphatic rings. The van der Waals surface area contributed by atoms with Crippen LogP contribution in [0.3, 0.4) is 0 Å². The van der Waals surface area contributed by atoms with Crippen LogP contribution in [0.4, 0.5) is 0 Å². The summed E-state index contributed by atoms with van der Waals surface area (Å²) in [5, 5.41) is 3.67. The van der Waals surface area contributed by atoms with Gasteiger partial charge in [0.2, 0.25) is 0 Å². The maximum atomic E-state index is 5.79. The van der Waals surface area contributed by atoms with Gasteiger partial charge in [0, 0.05) is 18.2 Å². The van der Waals surface area contributed by atoms with Crippen molar-refractivity contribution < 1.29 is 9.47 Å². The predicted octanol–water partition coefficient (Wildman–Crippen LogP) is 4.72. The van der Waals surface area contributed by atoms with E-state index in [9.17, 15) is 0 Å². The normalized spacial score (nSPS) is 12.0. The molecule has 0 aliphatic heterocycles. The number of nitrogens with one attached hydrogen (secondary N) is 1. The summed E-state index contributed by atoms with van der Waals surface area (Å²) in [7, 11) is 1.68. The van der Waals surface area contributed by atoms with Gasteiger partial charge in [0.15, 0.2) is 11.5 Å². The van der Waals surface area contributed by atoms with E-state index in [-0.39, 0.29) is 0 Å². The van der Waals surface area contributed by atoms with E-state index < -0.39 is 0 Å². The van der Waals surface area contributed by atoms with Crippen molar-refractivity contribution in [3.63, 3.8) is 0 Å². The molecule has 0 saturated heterocycles. The Morgan fingerprint density at radius 1 is 1.00 bits per heavy atom. The van der Waals surface area contributed by atoms with Gasteiger partial charge in [0.1, 0.15) is 0 Å². The molecule has 0 heterocycles. The quantitative estimate of drug-likeness (QED) is 0.726. The molecule has 2 aromatic rings. The number of hydrogen-bond donors (Lipinski definition) is 1. The molecule has 0 amide bonds. The molecule has 1 N–H and O–H groups in total. The van der Waals surface area contributed by atoms with Gasteiger partial charge < -0.3 is 14.8 Å². The maximum absolute atomic E-state index is 5.79. The lowest BCUT2D eigenvalue weighted by Gasteiger charge is -2.20. The van der Waals surface area contributed by atoms with E-state index in [0.29, 0.717) is 12.6 Å². The average molecular weight is 313 g/mol. The van der Waals surface area contributed by atoms with Crippen molar-refractivity contribution in [1.82, 2.24) is 5.32 Å². The van der Waals surface area contributed by atoms with Crippen molar-refractivity contribution in [3.05, 3.63) is 59.7 Å². The third kappa shape index (κ3) is 4.73. The molecule has 0 fully saturated rings. The summed E-state index contributed by atoms with van der Waals surface area (Å²) in [6.07, 6.45) is 2.25. The fourth-order valence-corrected chi connectivity index (χ4v) is 2.76. The third-order valence-electron chi connectivity index (χ3n) is 3.89. The highest BCUT2D eigenvalue weighted by atomic mass is 16.5. The summed E-state index contributed by atoms with van der Waals surface area (Å²) in [5.41, 5.74) is 2.46. The Balaban J connectivity index is 2.14. The first-order chi connectivity index (χ1) is 11.3. The fourth-order valence-electron chi connectivity index (χ4n) is 2.76. The lowest BCUT2D eigenvalue weighted by Crippen LogP contribution is -2.21. The van der Waals surface area contributed by atoms with Crippen molar-refractivity contribution in [3.8, 4) is 11.5 Å². The maximum Gasteiger partial charge on any atom is 0.165 e. The molecule has 0 bridgehead atoms. The molecule has 3 nitrogen and oxygen atoms in total. The Morgan fingerprint density at radius 2 is 1.78 bits per heavy atom. The summed E-state index contributed by atoms with van der Waals surface area (Å²) in [4.78, 5) is 0. The largest absolute Gasteiger partial charge is 0.493 e. The highest BCUT2D eigenvalue weighted by Gasteiger charge is 2.13. The monoisotopic (exact) mass is 313 g/mol. The molecule has 1 unspecified atom stereocenters. The molecule has 1 atom stereocenters. The molecular formula is C20H27NO2. The fraction of sp³-hybridized carbons (Fsp3) is 0.400. The summed E-state index contributed by atoms with van der Waals surface area (Å²) in [6, 6.07) is 17.0. The second-order valence-corrected chi connectivity index (χ2v) is 5.51. The van der Waals surface area contributed by atoms with Crippen LogP contribution in [0.15, 0.2) is 48.5 Å². The molecular weight excluding hydrogens is 286 g/mol. The van der Waals surface area contributed by atoms with Gasteiger partial charge in [0.05, 0.1) is 13.7 Å². The van der Waals surface area contributed by atoms with Crippen LogP contribution >= 0.6 is 0 Å². The van der Waals surface area contributed by atoms with Crippen molar-refractivity contribution in [2.24, 2.45) is 0 Å². The number of hydrogen-bond acceptors (Lipinski definition) is 3. The van der Waals surface area contributed by atoms with Crippen LogP contribution in [0.1, 0.15) is 43.9 Å². The van der Waals surface area contributed by atoms with Gasteiger partial charge in [-0.1, -0.05) is 55.8 Å². The molecule has 0 aliphatic carbocycles. The van der Waals surface area contributed by atoms with E-state index in [1.165, 1.54) is 5.56 Å². The summed E-state index contributed by atoms with van der Waals surface area (Å²) in [5.74, 6) is 1.63. The standard InChI is InChI=1S/C20H27NO2/c1-4-10-18(16-11-7-6-8-12-16)21-15-17-13-9-14-19(22-3)20(17)23-5-2/h6-9,11-14,18,21H,4-5,10,15H2,1-3H3. The molecule has 124 valence electrons. The predicted molar refractivity (Wildman–Crippen MR) is 95.1 cm³/mol. The number of para-hydroxylation sites is 1. The van der Waals surface area contributed by atoms with Gasteiger partial charge in [-0.2, -0.15) is 0 Å². The van der Waals surface area contributed by atoms with Crippen LogP contribution in [0.2, 0.25) is 0 Å². The molecule has 2 rings (SSSR count). The molecule has 0 spiro atoms. The van der Waals surface area contributed by atoms with E-state index in [1.807, 2.05) is 19.1 Å². The van der Waals surface area contributed by atoms with Crippen molar-refractivity contribution in [2.45, 2.75) is 39.3 Å². The van der Waals surface area contributed by atoms with Crippen LogP contribution in [0.5, 0.6) is 11.5 Å². The first-order valence-corrected chi connectivity index (χ1v) is 8.37. The Hall–Kier alpha value is -2.00. The van der Waals surface area contributed by atoms with Crippen molar-refractivity contribution >= 4 is 0 Å². The second kappa shape index (κ2) is 9.21. The van der Waals surface area contributed by atoms with Crippen LogP contribution in [-0.2, 0) is 6.54 Å². The zero-order valence-electron chi connectivity index (χ0n) is 14.3. The Morgan fingerprint density at radius 3 is 2.43 bits per heavy atom. The molecule has 3 heteroatoms. The van der Waals surface area contributed by atoms with Crippen LogP contribution in [0, 0.1) is 0 Å². The topological polar surface area (TPSA) is 30.5 Å². The van der Waals surface area contributed by atoms with E-state index >= 15 is 0 Å². The average Bonchev–Trinajstić information content (AvgIpc) is 2.60.